The van der Waals surface area contributed by atoms with Gasteiger partial charge in [-0.3, -0.25) is 0 Å². The van der Waals surface area contributed by atoms with Crippen molar-refractivity contribution in [2.24, 2.45) is 0 Å². The van der Waals surface area contributed by atoms with Crippen molar-refractivity contribution in [1.29, 1.82) is 0 Å². The molecule has 0 fully saturated rings. The highest BCUT2D eigenvalue weighted by molar-refractivity contribution is 7.92. The summed E-state index contributed by atoms with van der Waals surface area (Å²) in [6.07, 6.45) is 0. The summed E-state index contributed by atoms with van der Waals surface area (Å²) in [5.41, 5.74) is 0.963. The highest BCUT2D eigenvalue weighted by Crippen LogP contribution is 2.44. The number of hydrogen-bond donors (Lipinski definition) is 2. The molecule has 0 saturated heterocycles. The van der Waals surface area contributed by atoms with Crippen LogP contribution in [0.5, 0.6) is 5.75 Å². The van der Waals surface area contributed by atoms with Crippen molar-refractivity contribution in [3.8, 4) is 5.75 Å². The first-order chi connectivity index (χ1) is 10.1. The molecule has 3 aromatic carbocycles. The maximum absolute atomic E-state index is 12.7. The SMILES string of the molecule is O=S1(=O)c2ccccc2Nc2c1ccc1cccc(O)c21. The molecule has 21 heavy (non-hydrogen) atoms. The van der Waals surface area contributed by atoms with E-state index in [1.807, 2.05) is 6.07 Å². The lowest BCUT2D eigenvalue weighted by molar-refractivity contribution is 0.482. The average Bonchev–Trinajstić information content (AvgIpc) is 2.47. The molecule has 0 aliphatic carbocycles. The van der Waals surface area contributed by atoms with Gasteiger partial charge in [0.05, 0.1) is 21.2 Å². The summed E-state index contributed by atoms with van der Waals surface area (Å²) in [6.45, 7) is 0. The van der Waals surface area contributed by atoms with Gasteiger partial charge < -0.3 is 10.4 Å². The third-order valence-corrected chi connectivity index (χ3v) is 5.57. The van der Waals surface area contributed by atoms with Crippen LogP contribution in [-0.2, 0) is 9.84 Å². The second kappa shape index (κ2) is 3.99. The molecule has 0 saturated carbocycles. The summed E-state index contributed by atoms with van der Waals surface area (Å²) >= 11 is 0. The quantitative estimate of drug-likeness (QED) is 0.522. The van der Waals surface area contributed by atoms with Gasteiger partial charge in [0, 0.05) is 5.39 Å². The number of sulfone groups is 1. The Kier molecular flexibility index (Phi) is 2.32. The van der Waals surface area contributed by atoms with Gasteiger partial charge >= 0.3 is 0 Å². The fourth-order valence-electron chi connectivity index (χ4n) is 2.75. The van der Waals surface area contributed by atoms with Gasteiger partial charge in [0.15, 0.2) is 0 Å². The predicted molar refractivity (Wildman–Crippen MR) is 80.8 cm³/mol. The lowest BCUT2D eigenvalue weighted by Gasteiger charge is -2.23. The second-order valence-electron chi connectivity index (χ2n) is 4.94. The summed E-state index contributed by atoms with van der Waals surface area (Å²) in [7, 11) is -3.58. The van der Waals surface area contributed by atoms with Gasteiger partial charge in [-0.05, 0) is 29.7 Å². The number of fused-ring (bicyclic) bond motifs is 4. The minimum absolute atomic E-state index is 0.0615. The summed E-state index contributed by atoms with van der Waals surface area (Å²) in [5, 5.41) is 14.6. The van der Waals surface area contributed by atoms with Crippen molar-refractivity contribution in [2.45, 2.75) is 9.79 Å². The lowest BCUT2D eigenvalue weighted by atomic mass is 10.1. The van der Waals surface area contributed by atoms with Gasteiger partial charge in [0.2, 0.25) is 9.84 Å². The van der Waals surface area contributed by atoms with Crippen LogP contribution in [-0.4, -0.2) is 13.5 Å². The normalized spacial score (nSPS) is 15.0. The monoisotopic (exact) mass is 297 g/mol. The van der Waals surface area contributed by atoms with Crippen LogP contribution in [0.1, 0.15) is 0 Å². The van der Waals surface area contributed by atoms with Crippen molar-refractivity contribution in [1.82, 2.24) is 0 Å². The van der Waals surface area contributed by atoms with Crippen LogP contribution in [0, 0.1) is 0 Å². The van der Waals surface area contributed by atoms with E-state index in [1.165, 1.54) is 0 Å². The zero-order valence-corrected chi connectivity index (χ0v) is 11.7. The number of anilines is 2. The van der Waals surface area contributed by atoms with Crippen molar-refractivity contribution in [2.75, 3.05) is 5.32 Å². The van der Waals surface area contributed by atoms with Gasteiger partial charge in [0.1, 0.15) is 5.75 Å². The third kappa shape index (κ3) is 1.58. The molecule has 0 unspecified atom stereocenters. The van der Waals surface area contributed by atoms with E-state index in [9.17, 15) is 13.5 Å². The molecule has 4 rings (SSSR count). The van der Waals surface area contributed by atoms with Gasteiger partial charge in [-0.1, -0.05) is 30.3 Å². The minimum atomic E-state index is -3.58. The molecule has 0 radical (unpaired) electrons. The molecule has 4 nitrogen and oxygen atoms in total. The number of aromatic hydroxyl groups is 1. The molecular weight excluding hydrogens is 286 g/mol. The number of rotatable bonds is 0. The largest absolute Gasteiger partial charge is 0.507 e. The van der Waals surface area contributed by atoms with Gasteiger partial charge in [-0.15, -0.1) is 0 Å². The van der Waals surface area contributed by atoms with Crippen LogP contribution in [0.2, 0.25) is 0 Å². The van der Waals surface area contributed by atoms with E-state index in [0.717, 1.165) is 5.39 Å². The zero-order valence-electron chi connectivity index (χ0n) is 10.9. The molecule has 0 amide bonds. The Bertz CT molecular complexity index is 994. The van der Waals surface area contributed by atoms with E-state index in [2.05, 4.69) is 5.32 Å². The Hall–Kier alpha value is -2.53. The van der Waals surface area contributed by atoms with Crippen molar-refractivity contribution < 1.29 is 13.5 Å². The van der Waals surface area contributed by atoms with Crippen molar-refractivity contribution >= 4 is 32.0 Å². The molecule has 3 aromatic rings. The zero-order chi connectivity index (χ0) is 14.6. The van der Waals surface area contributed by atoms with E-state index in [0.29, 0.717) is 16.8 Å². The molecule has 1 heterocycles. The fourth-order valence-corrected chi connectivity index (χ4v) is 4.32. The smallest absolute Gasteiger partial charge is 0.210 e. The second-order valence-corrected chi connectivity index (χ2v) is 6.83. The molecule has 0 bridgehead atoms. The van der Waals surface area contributed by atoms with Crippen LogP contribution in [0.15, 0.2) is 64.4 Å². The number of benzene rings is 3. The van der Waals surface area contributed by atoms with Crippen molar-refractivity contribution in [3.05, 3.63) is 54.6 Å². The summed E-state index contributed by atoms with van der Waals surface area (Å²) < 4.78 is 25.5. The van der Waals surface area contributed by atoms with Gasteiger partial charge in [0.25, 0.3) is 0 Å². The predicted octanol–water partition coefficient (Wildman–Crippen LogP) is 3.44. The Morgan fingerprint density at radius 3 is 2.52 bits per heavy atom. The number of phenols is 1. The van der Waals surface area contributed by atoms with E-state index < -0.39 is 9.84 Å². The number of para-hydroxylation sites is 1. The average molecular weight is 297 g/mol. The molecule has 5 heteroatoms. The maximum atomic E-state index is 12.7. The highest BCUT2D eigenvalue weighted by Gasteiger charge is 2.30. The topological polar surface area (TPSA) is 66.4 Å². The standard InChI is InChI=1S/C16H11NO3S/c18-12-6-3-4-10-8-9-14-16(15(10)12)17-11-5-1-2-7-13(11)21(14,19)20/h1-9,17-18H. The van der Waals surface area contributed by atoms with Crippen LogP contribution >= 0.6 is 0 Å². The molecule has 104 valence electrons. The van der Waals surface area contributed by atoms with Crippen molar-refractivity contribution in [3.63, 3.8) is 0 Å². The van der Waals surface area contributed by atoms with Gasteiger partial charge in [-0.25, -0.2) is 8.42 Å². The molecule has 0 spiro atoms. The van der Waals surface area contributed by atoms with E-state index in [-0.39, 0.29) is 15.5 Å². The Morgan fingerprint density at radius 2 is 1.67 bits per heavy atom. The van der Waals surface area contributed by atoms with E-state index >= 15 is 0 Å². The Balaban J connectivity index is 2.16. The molecule has 2 N–H and O–H groups in total. The number of nitrogens with one attached hydrogen (secondary N) is 1. The summed E-state index contributed by atoms with van der Waals surface area (Å²) in [5.74, 6) is 0.0615. The lowest BCUT2D eigenvalue weighted by Crippen LogP contribution is -2.13. The Labute approximate surface area is 121 Å². The molecular formula is C16H11NO3S. The van der Waals surface area contributed by atoms with E-state index in [4.69, 9.17) is 0 Å². The molecule has 0 aromatic heterocycles. The first-order valence-electron chi connectivity index (χ1n) is 6.45. The van der Waals surface area contributed by atoms with Gasteiger partial charge in [-0.2, -0.15) is 0 Å². The fraction of sp³-hybridized carbons (Fsp3) is 0. The first kappa shape index (κ1) is 12.2. The van der Waals surface area contributed by atoms with E-state index in [1.54, 1.807) is 48.5 Å². The molecule has 1 aliphatic heterocycles. The summed E-state index contributed by atoms with van der Waals surface area (Å²) in [6, 6.07) is 15.2. The van der Waals surface area contributed by atoms with Crippen LogP contribution < -0.4 is 5.32 Å². The van der Waals surface area contributed by atoms with Crippen LogP contribution in [0.25, 0.3) is 10.8 Å². The highest BCUT2D eigenvalue weighted by atomic mass is 32.2. The maximum Gasteiger partial charge on any atom is 0.210 e. The third-order valence-electron chi connectivity index (χ3n) is 3.71. The minimum Gasteiger partial charge on any atom is -0.507 e. The molecule has 1 aliphatic rings. The van der Waals surface area contributed by atoms with Crippen LogP contribution in [0.3, 0.4) is 0 Å². The molecule has 0 atom stereocenters. The summed E-state index contributed by atoms with van der Waals surface area (Å²) in [4.78, 5) is 0.447. The number of phenolic OH excluding ortho intramolecular Hbond substituents is 1. The first-order valence-corrected chi connectivity index (χ1v) is 7.93. The Morgan fingerprint density at radius 1 is 0.857 bits per heavy atom. The van der Waals surface area contributed by atoms with Crippen LogP contribution in [0.4, 0.5) is 11.4 Å². The number of hydrogen-bond acceptors (Lipinski definition) is 4.